The van der Waals surface area contributed by atoms with E-state index in [2.05, 4.69) is 77.8 Å². The predicted octanol–water partition coefficient (Wildman–Crippen LogP) is 11.3. The van der Waals surface area contributed by atoms with Gasteiger partial charge in [-0.3, -0.25) is 0 Å². The SMILES string of the molecule is [2H]c1c([2H])c([2H])c(-c2nc(-c3ccccc3)nc(-c3ccc4c(c3)sc3c(-c5cccc6c5sc5ccccc56)cccc34)n2)c([2H])c1[2H]. The van der Waals surface area contributed by atoms with Gasteiger partial charge in [-0.15, -0.1) is 22.7 Å². The normalized spacial score (nSPS) is 13.2. The standard InChI is InChI=1S/C39H23N3S2/c1-3-11-24(12-4-1)37-40-38(25-13-5-2-6-14-25)42-39(41-37)26-21-22-28-30-17-10-19-32(36(30)44-34(28)23-26)31-18-9-16-29-27-15-7-8-20-33(27)43-35(29)31/h1-23H/i1D,3D,4D,11D,12D. The average Bonchev–Trinajstić information content (AvgIpc) is 3.72. The van der Waals surface area contributed by atoms with E-state index in [0.717, 1.165) is 21.2 Å². The first-order chi connectivity index (χ1) is 23.9. The molecule has 0 saturated heterocycles. The van der Waals surface area contributed by atoms with Gasteiger partial charge in [0.2, 0.25) is 0 Å². The number of rotatable bonds is 4. The minimum atomic E-state index is -0.463. The van der Waals surface area contributed by atoms with Crippen molar-refractivity contribution in [2.45, 2.75) is 0 Å². The van der Waals surface area contributed by atoms with Gasteiger partial charge in [-0.2, -0.15) is 0 Å². The summed E-state index contributed by atoms with van der Waals surface area (Å²) in [6, 6.07) is 35.0. The summed E-state index contributed by atoms with van der Waals surface area (Å²) >= 11 is 3.55. The van der Waals surface area contributed by atoms with E-state index >= 15 is 0 Å². The molecule has 3 heterocycles. The van der Waals surface area contributed by atoms with E-state index in [1.165, 1.54) is 41.4 Å². The van der Waals surface area contributed by atoms with Crippen molar-refractivity contribution < 1.29 is 6.85 Å². The van der Waals surface area contributed by atoms with Gasteiger partial charge in [0.25, 0.3) is 0 Å². The molecule has 206 valence electrons. The third kappa shape index (κ3) is 4.13. The molecule has 5 heteroatoms. The number of benzene rings is 6. The number of hydrogen-bond donors (Lipinski definition) is 0. The zero-order chi connectivity index (χ0) is 33.4. The quantitative estimate of drug-likeness (QED) is 0.201. The van der Waals surface area contributed by atoms with Crippen LogP contribution in [0.25, 0.3) is 85.6 Å². The summed E-state index contributed by atoms with van der Waals surface area (Å²) in [5.41, 5.74) is 3.80. The Kier molecular flexibility index (Phi) is 4.78. The van der Waals surface area contributed by atoms with Gasteiger partial charge >= 0.3 is 0 Å². The molecule has 0 spiro atoms. The molecule has 9 aromatic rings. The van der Waals surface area contributed by atoms with E-state index in [0.29, 0.717) is 11.6 Å². The molecule has 44 heavy (non-hydrogen) atoms. The van der Waals surface area contributed by atoms with Crippen molar-refractivity contribution >= 4 is 63.0 Å². The van der Waals surface area contributed by atoms with Crippen LogP contribution >= 0.6 is 22.7 Å². The van der Waals surface area contributed by atoms with Gasteiger partial charge in [0.1, 0.15) is 0 Å². The molecule has 6 aromatic carbocycles. The van der Waals surface area contributed by atoms with Crippen LogP contribution in [-0.2, 0) is 0 Å². The molecule has 0 radical (unpaired) electrons. The molecule has 0 bridgehead atoms. The molecule has 0 N–H and O–H groups in total. The summed E-state index contributed by atoms with van der Waals surface area (Å²) in [4.78, 5) is 14.2. The van der Waals surface area contributed by atoms with Crippen molar-refractivity contribution in [3.8, 4) is 45.3 Å². The Bertz CT molecular complexity index is 2760. The topological polar surface area (TPSA) is 38.7 Å². The van der Waals surface area contributed by atoms with Crippen molar-refractivity contribution in [3.63, 3.8) is 0 Å². The highest BCUT2D eigenvalue weighted by Crippen LogP contribution is 2.45. The number of aromatic nitrogens is 3. The summed E-state index contributed by atoms with van der Waals surface area (Å²) in [7, 11) is 0. The molecule has 0 saturated carbocycles. The van der Waals surface area contributed by atoms with Gasteiger partial charge in [-0.05, 0) is 12.1 Å². The highest BCUT2D eigenvalue weighted by atomic mass is 32.1. The van der Waals surface area contributed by atoms with Crippen LogP contribution in [0.15, 0.2) is 139 Å². The number of thiophene rings is 2. The second-order valence-corrected chi connectivity index (χ2v) is 12.6. The number of fused-ring (bicyclic) bond motifs is 6. The van der Waals surface area contributed by atoms with Gasteiger partial charge in [0, 0.05) is 68.2 Å². The zero-order valence-electron chi connectivity index (χ0n) is 28.1. The van der Waals surface area contributed by atoms with E-state index in [-0.39, 0.29) is 23.5 Å². The Morgan fingerprint density at radius 2 is 1.00 bits per heavy atom. The van der Waals surface area contributed by atoms with E-state index in [9.17, 15) is 0 Å². The number of nitrogens with zero attached hydrogens (tertiary/aromatic N) is 3. The van der Waals surface area contributed by atoms with Gasteiger partial charge in [0.05, 0.1) is 6.85 Å². The van der Waals surface area contributed by atoms with Crippen LogP contribution in [0.5, 0.6) is 0 Å². The second kappa shape index (κ2) is 10.2. The van der Waals surface area contributed by atoms with E-state index < -0.39 is 18.1 Å². The van der Waals surface area contributed by atoms with Crippen LogP contribution in [-0.4, -0.2) is 15.0 Å². The first-order valence-electron chi connectivity index (χ1n) is 16.6. The fourth-order valence-corrected chi connectivity index (χ4v) is 8.30. The van der Waals surface area contributed by atoms with Crippen molar-refractivity contribution in [1.29, 1.82) is 0 Å². The Morgan fingerprint density at radius 1 is 0.432 bits per heavy atom. The zero-order valence-corrected chi connectivity index (χ0v) is 24.7. The lowest BCUT2D eigenvalue weighted by molar-refractivity contribution is 1.07. The summed E-state index contributed by atoms with van der Waals surface area (Å²) in [6.45, 7) is 0. The Labute approximate surface area is 268 Å². The molecule has 0 aliphatic heterocycles. The maximum atomic E-state index is 8.60. The predicted molar refractivity (Wildman–Crippen MR) is 187 cm³/mol. The molecule has 3 nitrogen and oxygen atoms in total. The third-order valence-corrected chi connectivity index (χ3v) is 10.3. The van der Waals surface area contributed by atoms with E-state index in [4.69, 9.17) is 16.8 Å². The van der Waals surface area contributed by atoms with Gasteiger partial charge in [-0.25, -0.2) is 15.0 Å². The minimum Gasteiger partial charge on any atom is -0.208 e. The van der Waals surface area contributed by atoms with E-state index in [1.807, 2.05) is 47.7 Å². The molecule has 0 aliphatic carbocycles. The number of hydrogen-bond acceptors (Lipinski definition) is 5. The largest absolute Gasteiger partial charge is 0.208 e. The maximum absolute atomic E-state index is 8.60. The van der Waals surface area contributed by atoms with Gasteiger partial charge in [0.15, 0.2) is 17.5 Å². The fraction of sp³-hybridized carbons (Fsp3) is 0. The minimum absolute atomic E-state index is 0.0241. The van der Waals surface area contributed by atoms with Crippen molar-refractivity contribution in [1.82, 2.24) is 15.0 Å². The van der Waals surface area contributed by atoms with Crippen LogP contribution in [0.2, 0.25) is 0 Å². The van der Waals surface area contributed by atoms with Crippen LogP contribution in [0, 0.1) is 0 Å². The Morgan fingerprint density at radius 3 is 1.73 bits per heavy atom. The molecule has 9 rings (SSSR count). The summed E-state index contributed by atoms with van der Waals surface area (Å²) in [6.07, 6.45) is 0. The van der Waals surface area contributed by atoms with E-state index in [1.54, 1.807) is 11.3 Å². The fourth-order valence-electron chi connectivity index (χ4n) is 5.80. The molecule has 0 atom stereocenters. The summed E-state index contributed by atoms with van der Waals surface area (Å²) < 4.78 is 46.5. The molecule has 0 aliphatic rings. The maximum Gasteiger partial charge on any atom is 0.164 e. The Balaban J connectivity index is 1.24. The van der Waals surface area contributed by atoms with Crippen LogP contribution < -0.4 is 0 Å². The highest BCUT2D eigenvalue weighted by molar-refractivity contribution is 7.27. The van der Waals surface area contributed by atoms with Crippen LogP contribution in [0.1, 0.15) is 6.85 Å². The molecule has 3 aromatic heterocycles. The third-order valence-electron chi connectivity index (χ3n) is 7.84. The van der Waals surface area contributed by atoms with Crippen molar-refractivity contribution in [3.05, 3.63) is 139 Å². The van der Waals surface area contributed by atoms with Crippen LogP contribution in [0.3, 0.4) is 0 Å². The highest BCUT2D eigenvalue weighted by Gasteiger charge is 2.17. The first-order valence-corrected chi connectivity index (χ1v) is 15.8. The smallest absolute Gasteiger partial charge is 0.164 e. The van der Waals surface area contributed by atoms with Crippen molar-refractivity contribution in [2.24, 2.45) is 0 Å². The second-order valence-electron chi connectivity index (χ2n) is 10.4. The molecule has 0 fully saturated rings. The van der Waals surface area contributed by atoms with Crippen LogP contribution in [0.4, 0.5) is 0 Å². The molecule has 0 amide bonds. The first kappa shape index (κ1) is 20.6. The lowest BCUT2D eigenvalue weighted by atomic mass is 10.0. The lowest BCUT2D eigenvalue weighted by Crippen LogP contribution is -1.99. The Hall–Kier alpha value is -5.23. The van der Waals surface area contributed by atoms with Gasteiger partial charge < -0.3 is 0 Å². The lowest BCUT2D eigenvalue weighted by Gasteiger charge is -2.08. The molecule has 0 unspecified atom stereocenters. The molecular weight excluding hydrogens is 575 g/mol. The summed E-state index contributed by atoms with van der Waals surface area (Å²) in [5, 5.41) is 4.82. The summed E-state index contributed by atoms with van der Waals surface area (Å²) in [5.74, 6) is 0.726. The van der Waals surface area contributed by atoms with Crippen molar-refractivity contribution in [2.75, 3.05) is 0 Å². The average molecular weight is 603 g/mol. The van der Waals surface area contributed by atoms with Gasteiger partial charge in [-0.1, -0.05) is 127 Å². The molecular formula is C39H23N3S2. The monoisotopic (exact) mass is 602 g/mol.